The molecule has 9 nitrogen and oxygen atoms in total. The first kappa shape index (κ1) is 22.0. The molecule has 33 heavy (non-hydrogen) atoms. The minimum Gasteiger partial charge on any atom is -0.506 e. The van der Waals surface area contributed by atoms with Gasteiger partial charge in [-0.05, 0) is 30.3 Å². The molecule has 2 aromatic carbocycles. The van der Waals surface area contributed by atoms with Gasteiger partial charge in [0.1, 0.15) is 23.6 Å². The minimum absolute atomic E-state index is 0.0184. The van der Waals surface area contributed by atoms with E-state index >= 15 is 0 Å². The van der Waals surface area contributed by atoms with Crippen molar-refractivity contribution in [2.45, 2.75) is 6.54 Å². The van der Waals surface area contributed by atoms with E-state index in [9.17, 15) is 14.7 Å². The SMILES string of the molecule is C=CC(=O)N(CCn1nc(-c2ccc(Cl)c(O)c2)c2c(N)ncnc21)C(=O)c1ccccc1. The molecule has 0 fully saturated rings. The molecule has 4 aromatic rings. The molecule has 0 spiro atoms. The normalized spacial score (nSPS) is 10.8. The molecule has 0 saturated heterocycles. The van der Waals surface area contributed by atoms with Gasteiger partial charge < -0.3 is 10.8 Å². The maximum atomic E-state index is 12.9. The van der Waals surface area contributed by atoms with Gasteiger partial charge in [0.2, 0.25) is 0 Å². The van der Waals surface area contributed by atoms with E-state index in [1.54, 1.807) is 42.5 Å². The van der Waals surface area contributed by atoms with Crippen molar-refractivity contribution in [3.05, 3.63) is 78.1 Å². The number of nitrogens with two attached hydrogens (primary N) is 1. The standard InChI is InChI=1S/C23H19ClN6O3/c1-2-18(32)29(23(33)14-6-4-3-5-7-14)10-11-30-22-19(21(25)26-13-27-22)20(28-30)15-8-9-16(24)17(31)12-15/h2-9,12-13,31H,1,10-11H2,(H2,25,26,27). The van der Waals surface area contributed by atoms with Crippen molar-refractivity contribution in [1.29, 1.82) is 0 Å². The zero-order valence-corrected chi connectivity index (χ0v) is 18.1. The van der Waals surface area contributed by atoms with Crippen molar-refractivity contribution >= 4 is 40.3 Å². The summed E-state index contributed by atoms with van der Waals surface area (Å²) in [4.78, 5) is 34.8. The van der Waals surface area contributed by atoms with Gasteiger partial charge in [-0.2, -0.15) is 5.10 Å². The molecule has 0 aliphatic carbocycles. The number of rotatable bonds is 6. The maximum absolute atomic E-state index is 12.9. The number of aromatic nitrogens is 4. The number of aromatic hydroxyl groups is 1. The lowest BCUT2D eigenvalue weighted by Gasteiger charge is -2.19. The predicted molar refractivity (Wildman–Crippen MR) is 125 cm³/mol. The van der Waals surface area contributed by atoms with E-state index in [2.05, 4.69) is 21.6 Å². The van der Waals surface area contributed by atoms with Gasteiger partial charge >= 0.3 is 0 Å². The van der Waals surface area contributed by atoms with Gasteiger partial charge in [0, 0.05) is 17.7 Å². The molecular weight excluding hydrogens is 444 g/mol. The number of nitrogen functional groups attached to an aromatic ring is 1. The topological polar surface area (TPSA) is 127 Å². The van der Waals surface area contributed by atoms with E-state index in [4.69, 9.17) is 17.3 Å². The molecular formula is C23H19ClN6O3. The van der Waals surface area contributed by atoms with E-state index in [-0.39, 0.29) is 29.7 Å². The number of nitrogens with zero attached hydrogens (tertiary/aromatic N) is 5. The third-order valence-corrected chi connectivity index (χ3v) is 5.34. The number of hydrogen-bond donors (Lipinski definition) is 2. The lowest BCUT2D eigenvalue weighted by Crippen LogP contribution is -2.38. The molecule has 3 N–H and O–H groups in total. The summed E-state index contributed by atoms with van der Waals surface area (Å²) in [6, 6.07) is 13.2. The van der Waals surface area contributed by atoms with E-state index in [0.717, 1.165) is 11.0 Å². The second kappa shape index (κ2) is 9.09. The number of fused-ring (bicyclic) bond motifs is 1. The van der Waals surface area contributed by atoms with E-state index < -0.39 is 11.8 Å². The van der Waals surface area contributed by atoms with E-state index in [1.807, 2.05) is 0 Å². The van der Waals surface area contributed by atoms with Crippen LogP contribution in [0.5, 0.6) is 5.75 Å². The summed E-state index contributed by atoms with van der Waals surface area (Å²) >= 11 is 5.93. The predicted octanol–water partition coefficient (Wildman–Crippen LogP) is 3.29. The van der Waals surface area contributed by atoms with Crippen LogP contribution < -0.4 is 5.73 Å². The molecule has 10 heteroatoms. The number of amides is 2. The Hall–Kier alpha value is -4.24. The summed E-state index contributed by atoms with van der Waals surface area (Å²) in [5.41, 5.74) is 7.89. The van der Waals surface area contributed by atoms with Gasteiger partial charge in [0.25, 0.3) is 11.8 Å². The summed E-state index contributed by atoms with van der Waals surface area (Å²) in [5.74, 6) is -0.884. The molecule has 0 radical (unpaired) electrons. The average molecular weight is 463 g/mol. The highest BCUT2D eigenvalue weighted by atomic mass is 35.5. The van der Waals surface area contributed by atoms with Gasteiger partial charge in [-0.25, -0.2) is 14.6 Å². The Bertz CT molecular complexity index is 1370. The fraction of sp³-hybridized carbons (Fsp3) is 0.0870. The Balaban J connectivity index is 1.71. The first-order valence-corrected chi connectivity index (χ1v) is 10.3. The molecule has 0 atom stereocenters. The van der Waals surface area contributed by atoms with Crippen LogP contribution in [0.1, 0.15) is 10.4 Å². The largest absolute Gasteiger partial charge is 0.506 e. The molecule has 0 bridgehead atoms. The highest BCUT2D eigenvalue weighted by Crippen LogP contribution is 2.34. The van der Waals surface area contributed by atoms with E-state index in [1.165, 1.54) is 17.1 Å². The van der Waals surface area contributed by atoms with Crippen molar-refractivity contribution in [3.63, 3.8) is 0 Å². The minimum atomic E-state index is -0.530. The van der Waals surface area contributed by atoms with Gasteiger partial charge in [-0.15, -0.1) is 0 Å². The second-order valence-electron chi connectivity index (χ2n) is 7.06. The quantitative estimate of drug-likeness (QED) is 0.421. The number of benzene rings is 2. The number of phenols is 1. The molecule has 0 aliphatic rings. The Morgan fingerprint density at radius 3 is 2.64 bits per heavy atom. The smallest absolute Gasteiger partial charge is 0.260 e. The van der Waals surface area contributed by atoms with Gasteiger partial charge in [0.05, 0.1) is 17.0 Å². The van der Waals surface area contributed by atoms with Crippen LogP contribution in [0.15, 0.2) is 67.5 Å². The molecule has 0 aliphatic heterocycles. The molecule has 166 valence electrons. The number of hydrogen-bond acceptors (Lipinski definition) is 7. The zero-order chi connectivity index (χ0) is 23.5. The monoisotopic (exact) mass is 462 g/mol. The van der Waals surface area contributed by atoms with Crippen LogP contribution in [0.3, 0.4) is 0 Å². The van der Waals surface area contributed by atoms with Crippen LogP contribution in [0.4, 0.5) is 5.82 Å². The third-order valence-electron chi connectivity index (χ3n) is 5.02. The first-order chi connectivity index (χ1) is 15.9. The molecule has 2 amide bonds. The Labute approximate surface area is 193 Å². The van der Waals surface area contributed by atoms with Crippen LogP contribution in [-0.2, 0) is 11.3 Å². The van der Waals surface area contributed by atoms with Crippen molar-refractivity contribution in [2.24, 2.45) is 0 Å². The third kappa shape index (κ3) is 4.26. The van der Waals surface area contributed by atoms with Crippen LogP contribution in [0, 0.1) is 0 Å². The van der Waals surface area contributed by atoms with Gasteiger partial charge in [-0.3, -0.25) is 14.5 Å². The van der Waals surface area contributed by atoms with Crippen molar-refractivity contribution in [2.75, 3.05) is 12.3 Å². The number of phenolic OH excluding ortho intramolecular Hbond substituents is 1. The van der Waals surface area contributed by atoms with Gasteiger partial charge in [0.15, 0.2) is 5.65 Å². The summed E-state index contributed by atoms with van der Waals surface area (Å²) in [6.45, 7) is 3.66. The van der Waals surface area contributed by atoms with Crippen LogP contribution in [-0.4, -0.2) is 48.1 Å². The fourth-order valence-electron chi connectivity index (χ4n) is 3.40. The van der Waals surface area contributed by atoms with Gasteiger partial charge in [-0.1, -0.05) is 42.4 Å². The number of halogens is 1. The maximum Gasteiger partial charge on any atom is 0.260 e. The van der Waals surface area contributed by atoms with Crippen molar-refractivity contribution in [3.8, 4) is 17.0 Å². The molecule has 0 saturated carbocycles. The van der Waals surface area contributed by atoms with Crippen LogP contribution in [0.2, 0.25) is 5.02 Å². The Morgan fingerprint density at radius 1 is 1.18 bits per heavy atom. The first-order valence-electron chi connectivity index (χ1n) is 9.90. The van der Waals surface area contributed by atoms with Crippen molar-refractivity contribution < 1.29 is 14.7 Å². The summed E-state index contributed by atoms with van der Waals surface area (Å²) in [5, 5.41) is 15.3. The number of carbonyl (C=O) groups is 2. The highest BCUT2D eigenvalue weighted by molar-refractivity contribution is 6.32. The summed E-state index contributed by atoms with van der Waals surface area (Å²) in [7, 11) is 0. The summed E-state index contributed by atoms with van der Waals surface area (Å²) < 4.78 is 1.54. The van der Waals surface area contributed by atoms with Crippen LogP contribution in [0.25, 0.3) is 22.3 Å². The highest BCUT2D eigenvalue weighted by Gasteiger charge is 2.23. The lowest BCUT2D eigenvalue weighted by molar-refractivity contribution is -0.123. The Morgan fingerprint density at radius 2 is 1.94 bits per heavy atom. The molecule has 2 heterocycles. The number of imide groups is 1. The zero-order valence-electron chi connectivity index (χ0n) is 17.3. The second-order valence-corrected chi connectivity index (χ2v) is 7.47. The van der Waals surface area contributed by atoms with E-state index in [0.29, 0.717) is 27.9 Å². The average Bonchev–Trinajstić information content (AvgIpc) is 3.21. The molecule has 4 rings (SSSR count). The summed E-state index contributed by atoms with van der Waals surface area (Å²) in [6.07, 6.45) is 2.39. The molecule has 2 aromatic heterocycles. The van der Waals surface area contributed by atoms with Crippen molar-refractivity contribution in [1.82, 2.24) is 24.6 Å². The number of carbonyl (C=O) groups excluding carboxylic acids is 2. The fourth-order valence-corrected chi connectivity index (χ4v) is 3.52. The Kier molecular flexibility index (Phi) is 6.05. The van der Waals surface area contributed by atoms with Crippen LogP contribution >= 0.6 is 11.6 Å². The lowest BCUT2D eigenvalue weighted by atomic mass is 10.1. The number of anilines is 1. The molecule has 0 unspecified atom stereocenters.